The number of carbonyl (C=O) groups excluding carboxylic acids is 1. The highest BCUT2D eigenvalue weighted by Crippen LogP contribution is 2.24. The Balaban J connectivity index is 1.49. The van der Waals surface area contributed by atoms with E-state index in [1.165, 1.54) is 11.1 Å². The largest absolute Gasteiger partial charge is 0.491 e. The zero-order valence-electron chi connectivity index (χ0n) is 18.6. The van der Waals surface area contributed by atoms with Crippen molar-refractivity contribution in [2.75, 3.05) is 32.9 Å². The third-order valence-corrected chi connectivity index (χ3v) is 5.95. The lowest BCUT2D eigenvalue weighted by Gasteiger charge is -2.15. The molecule has 3 aromatic carbocycles. The monoisotopic (exact) mass is 464 g/mol. The van der Waals surface area contributed by atoms with Gasteiger partial charge in [0.05, 0.1) is 13.2 Å². The third-order valence-electron chi connectivity index (χ3n) is 5.58. The van der Waals surface area contributed by atoms with Crippen molar-refractivity contribution >= 4 is 17.5 Å². The van der Waals surface area contributed by atoms with Crippen molar-refractivity contribution in [3.63, 3.8) is 0 Å². The van der Waals surface area contributed by atoms with Gasteiger partial charge in [0.2, 0.25) is 0 Å². The first kappa shape index (κ1) is 23.3. The Kier molecular flexibility index (Phi) is 8.36. The first-order valence-electron chi connectivity index (χ1n) is 11.3. The lowest BCUT2D eigenvalue weighted by atomic mass is 9.99. The van der Waals surface area contributed by atoms with Gasteiger partial charge in [-0.15, -0.1) is 0 Å². The van der Waals surface area contributed by atoms with Gasteiger partial charge in [0.25, 0.3) is 5.91 Å². The van der Waals surface area contributed by atoms with Gasteiger partial charge in [-0.2, -0.15) is 0 Å². The minimum Gasteiger partial charge on any atom is -0.491 e. The molecule has 1 aliphatic heterocycles. The minimum atomic E-state index is -0.106. The summed E-state index contributed by atoms with van der Waals surface area (Å²) in [5.41, 5.74) is 5.03. The highest BCUT2D eigenvalue weighted by atomic mass is 35.5. The third kappa shape index (κ3) is 6.81. The van der Waals surface area contributed by atoms with Crippen molar-refractivity contribution in [3.05, 3.63) is 99.6 Å². The number of benzene rings is 3. The molecule has 0 atom stereocenters. The summed E-state index contributed by atoms with van der Waals surface area (Å²) in [5, 5.41) is 7.12. The van der Waals surface area contributed by atoms with E-state index in [9.17, 15) is 4.79 Å². The van der Waals surface area contributed by atoms with E-state index < -0.39 is 0 Å². The lowest BCUT2D eigenvalue weighted by Crippen LogP contribution is -2.26. The number of hydrogen-bond acceptors (Lipinski definition) is 4. The quantitative estimate of drug-likeness (QED) is 0.600. The van der Waals surface area contributed by atoms with E-state index in [2.05, 4.69) is 34.9 Å². The van der Waals surface area contributed by atoms with Crippen molar-refractivity contribution in [1.29, 1.82) is 0 Å². The predicted molar refractivity (Wildman–Crippen MR) is 131 cm³/mol. The Labute approximate surface area is 200 Å². The number of ether oxygens (including phenoxy) is 2. The second-order valence-electron chi connectivity index (χ2n) is 8.05. The van der Waals surface area contributed by atoms with Gasteiger partial charge in [0, 0.05) is 36.6 Å². The van der Waals surface area contributed by atoms with Crippen LogP contribution in [-0.4, -0.2) is 38.8 Å². The summed E-state index contributed by atoms with van der Waals surface area (Å²) in [6.07, 6.45) is 1.37. The van der Waals surface area contributed by atoms with E-state index in [0.717, 1.165) is 35.0 Å². The molecule has 5 nitrogen and oxygen atoms in total. The number of carbonyl (C=O) groups is 1. The molecule has 0 saturated heterocycles. The molecule has 2 N–H and O–H groups in total. The molecule has 0 saturated carbocycles. The fraction of sp³-hybridized carbons (Fsp3) is 0.296. The highest BCUT2D eigenvalue weighted by Gasteiger charge is 2.12. The van der Waals surface area contributed by atoms with Crippen LogP contribution < -0.4 is 15.4 Å². The molecule has 0 aromatic heterocycles. The molecule has 2 bridgehead atoms. The molecule has 0 fully saturated rings. The second-order valence-corrected chi connectivity index (χ2v) is 8.46. The molecule has 1 heterocycles. The number of fused-ring (bicyclic) bond motifs is 3. The molecular formula is C27H29ClN2O3. The lowest BCUT2D eigenvalue weighted by molar-refractivity contribution is 0.0953. The first-order valence-corrected chi connectivity index (χ1v) is 11.7. The Hall–Kier alpha value is -2.86. The summed E-state index contributed by atoms with van der Waals surface area (Å²) in [6.45, 7) is 3.75. The van der Waals surface area contributed by atoms with Gasteiger partial charge >= 0.3 is 0 Å². The number of hydrogen-bond donors (Lipinski definition) is 2. The molecule has 1 amide bonds. The van der Waals surface area contributed by atoms with Crippen LogP contribution in [0.3, 0.4) is 0 Å². The van der Waals surface area contributed by atoms with Crippen LogP contribution in [0.1, 0.15) is 32.6 Å². The van der Waals surface area contributed by atoms with E-state index in [1.54, 1.807) is 0 Å². The van der Waals surface area contributed by atoms with Crippen LogP contribution in [0.4, 0.5) is 0 Å². The standard InChI is InChI=1S/C27H29ClN2O3/c28-25-7-2-1-6-22(25)10-11-30-27(31)23-8-9-26-24(18-23)17-20-4-3-5-21(16-20)19-29-12-13-32-14-15-33-26/h1-9,16,18,29H,10-15,17,19H2,(H,30,31). The maximum absolute atomic E-state index is 12.8. The van der Waals surface area contributed by atoms with Gasteiger partial charge in [-0.05, 0) is 52.9 Å². The van der Waals surface area contributed by atoms with Crippen LogP contribution in [0.5, 0.6) is 5.75 Å². The van der Waals surface area contributed by atoms with Gasteiger partial charge in [-0.3, -0.25) is 4.79 Å². The number of amides is 1. The Bertz CT molecular complexity index is 1090. The van der Waals surface area contributed by atoms with Gasteiger partial charge in [-0.1, -0.05) is 54.1 Å². The maximum atomic E-state index is 12.8. The molecular weight excluding hydrogens is 436 g/mol. The zero-order chi connectivity index (χ0) is 22.9. The Morgan fingerprint density at radius 2 is 1.85 bits per heavy atom. The molecule has 172 valence electrons. The molecule has 3 aromatic rings. The van der Waals surface area contributed by atoms with E-state index >= 15 is 0 Å². The van der Waals surface area contributed by atoms with Crippen molar-refractivity contribution in [2.45, 2.75) is 19.4 Å². The average Bonchev–Trinajstić information content (AvgIpc) is 2.82. The number of halogens is 1. The van der Waals surface area contributed by atoms with Crippen molar-refractivity contribution in [2.24, 2.45) is 0 Å². The summed E-state index contributed by atoms with van der Waals surface area (Å²) in [6, 6.07) is 21.8. The van der Waals surface area contributed by atoms with E-state index in [0.29, 0.717) is 44.8 Å². The molecule has 1 aliphatic rings. The van der Waals surface area contributed by atoms with Crippen LogP contribution >= 0.6 is 11.6 Å². The SMILES string of the molecule is O=C(NCCc1ccccc1Cl)c1ccc2c(c1)Cc1cccc(c1)CNCCOCCO2. The fourth-order valence-electron chi connectivity index (χ4n) is 3.87. The number of nitrogens with one attached hydrogen (secondary N) is 2. The smallest absolute Gasteiger partial charge is 0.251 e. The number of rotatable bonds is 4. The van der Waals surface area contributed by atoms with Gasteiger partial charge in [0.15, 0.2) is 0 Å². The van der Waals surface area contributed by atoms with Crippen molar-refractivity contribution < 1.29 is 14.3 Å². The summed E-state index contributed by atoms with van der Waals surface area (Å²) >= 11 is 6.22. The summed E-state index contributed by atoms with van der Waals surface area (Å²) < 4.78 is 11.6. The summed E-state index contributed by atoms with van der Waals surface area (Å²) in [5.74, 6) is 0.678. The van der Waals surface area contributed by atoms with E-state index in [-0.39, 0.29) is 5.91 Å². The minimum absolute atomic E-state index is 0.106. The van der Waals surface area contributed by atoms with Crippen LogP contribution in [0.2, 0.25) is 5.02 Å². The van der Waals surface area contributed by atoms with E-state index in [4.69, 9.17) is 21.1 Å². The Morgan fingerprint density at radius 3 is 2.76 bits per heavy atom. The summed E-state index contributed by atoms with van der Waals surface area (Å²) in [7, 11) is 0. The molecule has 0 aliphatic carbocycles. The van der Waals surface area contributed by atoms with Crippen LogP contribution in [0, 0.1) is 0 Å². The van der Waals surface area contributed by atoms with Gasteiger partial charge in [0.1, 0.15) is 12.4 Å². The normalized spacial score (nSPS) is 14.5. The first-order chi connectivity index (χ1) is 16.2. The molecule has 0 unspecified atom stereocenters. The van der Waals surface area contributed by atoms with Crippen molar-refractivity contribution in [3.8, 4) is 5.75 Å². The topological polar surface area (TPSA) is 59.6 Å². The predicted octanol–water partition coefficient (Wildman–Crippen LogP) is 4.40. The molecule has 0 spiro atoms. The van der Waals surface area contributed by atoms with Crippen molar-refractivity contribution in [1.82, 2.24) is 10.6 Å². The van der Waals surface area contributed by atoms with Gasteiger partial charge < -0.3 is 20.1 Å². The Morgan fingerprint density at radius 1 is 0.970 bits per heavy atom. The molecule has 33 heavy (non-hydrogen) atoms. The maximum Gasteiger partial charge on any atom is 0.251 e. The highest BCUT2D eigenvalue weighted by molar-refractivity contribution is 6.31. The van der Waals surface area contributed by atoms with Crippen LogP contribution in [0.15, 0.2) is 66.7 Å². The molecule has 6 heteroatoms. The molecule has 0 radical (unpaired) electrons. The van der Waals surface area contributed by atoms with Crippen LogP contribution in [-0.2, 0) is 24.1 Å². The fourth-order valence-corrected chi connectivity index (χ4v) is 4.10. The van der Waals surface area contributed by atoms with E-state index in [1.807, 2.05) is 42.5 Å². The van der Waals surface area contributed by atoms with Crippen LogP contribution in [0.25, 0.3) is 0 Å². The molecule has 4 rings (SSSR count). The summed E-state index contributed by atoms with van der Waals surface area (Å²) in [4.78, 5) is 12.8. The van der Waals surface area contributed by atoms with Gasteiger partial charge in [-0.25, -0.2) is 0 Å². The average molecular weight is 465 g/mol. The zero-order valence-corrected chi connectivity index (χ0v) is 19.4. The second kappa shape index (κ2) is 11.8.